The van der Waals surface area contributed by atoms with Gasteiger partial charge < -0.3 is 14.4 Å². The standard InChI is InChI=1S/C14H16N2O5/c1-15-10(4-9(8-20-2)14(15)19)5-12(17)16-7-11(21-3)6-13(16)18/h4-6H,7-8H2,1-3H3/b10-5-. The van der Waals surface area contributed by atoms with E-state index in [1.165, 1.54) is 31.3 Å². The molecule has 112 valence electrons. The monoisotopic (exact) mass is 292 g/mol. The minimum Gasteiger partial charge on any atom is -0.499 e. The van der Waals surface area contributed by atoms with Gasteiger partial charge in [0, 0.05) is 37.6 Å². The lowest BCUT2D eigenvalue weighted by atomic mass is 10.3. The van der Waals surface area contributed by atoms with Crippen LogP contribution < -0.4 is 0 Å². The SMILES string of the molecule is COCC1=C/C(=C/C(=O)N2CC(OC)=CC2=O)N(C)C1=O. The number of rotatable bonds is 4. The van der Waals surface area contributed by atoms with Crippen molar-refractivity contribution in [2.75, 3.05) is 34.4 Å². The lowest BCUT2D eigenvalue weighted by Crippen LogP contribution is -2.32. The van der Waals surface area contributed by atoms with Crippen molar-refractivity contribution in [3.63, 3.8) is 0 Å². The molecule has 2 rings (SSSR count). The minimum absolute atomic E-state index is 0.101. The second kappa shape index (κ2) is 5.92. The predicted molar refractivity (Wildman–Crippen MR) is 72.6 cm³/mol. The molecule has 0 saturated carbocycles. The number of nitrogens with zero attached hydrogens (tertiary/aromatic N) is 2. The molecule has 0 fully saturated rings. The van der Waals surface area contributed by atoms with Crippen molar-refractivity contribution < 1.29 is 23.9 Å². The topological polar surface area (TPSA) is 76.2 Å². The number of hydrogen-bond donors (Lipinski definition) is 0. The van der Waals surface area contributed by atoms with Crippen LogP contribution in [0.15, 0.2) is 35.3 Å². The van der Waals surface area contributed by atoms with Crippen LogP contribution in [0.25, 0.3) is 0 Å². The molecule has 0 spiro atoms. The Bertz CT molecular complexity index is 588. The van der Waals surface area contributed by atoms with E-state index in [1.54, 1.807) is 13.1 Å². The summed E-state index contributed by atoms with van der Waals surface area (Å²) in [6.45, 7) is 0.275. The zero-order valence-electron chi connectivity index (χ0n) is 12.1. The fourth-order valence-electron chi connectivity index (χ4n) is 2.08. The van der Waals surface area contributed by atoms with E-state index in [4.69, 9.17) is 9.47 Å². The molecule has 0 aromatic rings. The van der Waals surface area contributed by atoms with Gasteiger partial charge in [-0.2, -0.15) is 0 Å². The first-order valence-corrected chi connectivity index (χ1v) is 6.27. The number of amides is 3. The maximum Gasteiger partial charge on any atom is 0.257 e. The number of likely N-dealkylation sites (N-methyl/N-ethyl adjacent to an activating group) is 1. The van der Waals surface area contributed by atoms with Crippen molar-refractivity contribution in [3.8, 4) is 0 Å². The van der Waals surface area contributed by atoms with Gasteiger partial charge in [-0.15, -0.1) is 0 Å². The summed E-state index contributed by atoms with van der Waals surface area (Å²) in [7, 11) is 4.49. The molecule has 2 aliphatic rings. The summed E-state index contributed by atoms with van der Waals surface area (Å²) in [5.74, 6) is -0.716. The average molecular weight is 292 g/mol. The molecule has 21 heavy (non-hydrogen) atoms. The highest BCUT2D eigenvalue weighted by Crippen LogP contribution is 2.20. The maximum atomic E-state index is 12.1. The number of methoxy groups -OCH3 is 2. The molecular weight excluding hydrogens is 276 g/mol. The Morgan fingerprint density at radius 3 is 2.62 bits per heavy atom. The number of carbonyl (C=O) groups is 3. The molecule has 0 N–H and O–H groups in total. The van der Waals surface area contributed by atoms with Crippen LogP contribution in [0.4, 0.5) is 0 Å². The molecule has 0 atom stereocenters. The zero-order valence-corrected chi connectivity index (χ0v) is 12.1. The summed E-state index contributed by atoms with van der Waals surface area (Å²) in [6.07, 6.45) is 4.10. The van der Waals surface area contributed by atoms with Gasteiger partial charge in [-0.25, -0.2) is 0 Å². The van der Waals surface area contributed by atoms with Gasteiger partial charge in [-0.05, 0) is 6.08 Å². The van der Waals surface area contributed by atoms with Gasteiger partial charge >= 0.3 is 0 Å². The van der Waals surface area contributed by atoms with E-state index in [0.29, 0.717) is 17.0 Å². The van der Waals surface area contributed by atoms with Gasteiger partial charge in [0.15, 0.2) is 0 Å². The lowest BCUT2D eigenvalue weighted by Gasteiger charge is -2.14. The molecule has 0 aromatic carbocycles. The Hall–Kier alpha value is -2.41. The fraction of sp³-hybridized carbons (Fsp3) is 0.357. The van der Waals surface area contributed by atoms with Crippen molar-refractivity contribution in [1.82, 2.24) is 9.80 Å². The van der Waals surface area contributed by atoms with Crippen LogP contribution in [0.3, 0.4) is 0 Å². The summed E-state index contributed by atoms with van der Waals surface area (Å²) < 4.78 is 9.88. The van der Waals surface area contributed by atoms with Crippen LogP contribution in [-0.2, 0) is 23.9 Å². The third-order valence-corrected chi connectivity index (χ3v) is 3.25. The van der Waals surface area contributed by atoms with E-state index in [2.05, 4.69) is 0 Å². The van der Waals surface area contributed by atoms with Gasteiger partial charge in [0.1, 0.15) is 5.76 Å². The van der Waals surface area contributed by atoms with E-state index in [-0.39, 0.29) is 19.1 Å². The number of ether oxygens (including phenoxy) is 2. The fourth-order valence-corrected chi connectivity index (χ4v) is 2.08. The van der Waals surface area contributed by atoms with E-state index in [0.717, 1.165) is 4.90 Å². The first kappa shape index (κ1) is 15.0. The molecule has 3 amide bonds. The summed E-state index contributed by atoms with van der Waals surface area (Å²) >= 11 is 0. The normalized spacial score (nSPS) is 20.2. The zero-order chi connectivity index (χ0) is 15.6. The molecular formula is C14H16N2O5. The number of hydrogen-bond acceptors (Lipinski definition) is 5. The van der Waals surface area contributed by atoms with E-state index in [1.807, 2.05) is 0 Å². The highest BCUT2D eigenvalue weighted by Gasteiger charge is 2.29. The summed E-state index contributed by atoms with van der Waals surface area (Å²) in [6, 6.07) is 0. The van der Waals surface area contributed by atoms with Crippen LogP contribution in [0.5, 0.6) is 0 Å². The molecule has 0 radical (unpaired) electrons. The number of imide groups is 1. The molecule has 0 aliphatic carbocycles. The van der Waals surface area contributed by atoms with Crippen LogP contribution in [0, 0.1) is 0 Å². The Labute approximate surface area is 122 Å². The molecule has 7 heteroatoms. The molecule has 0 unspecified atom stereocenters. The van der Waals surface area contributed by atoms with Crippen molar-refractivity contribution >= 4 is 17.7 Å². The van der Waals surface area contributed by atoms with Gasteiger partial charge in [0.05, 0.1) is 20.3 Å². The number of carbonyl (C=O) groups excluding carboxylic acids is 3. The van der Waals surface area contributed by atoms with Crippen molar-refractivity contribution in [2.45, 2.75) is 0 Å². The first-order valence-electron chi connectivity index (χ1n) is 6.27. The van der Waals surface area contributed by atoms with Gasteiger partial charge in [0.2, 0.25) is 0 Å². The van der Waals surface area contributed by atoms with Crippen molar-refractivity contribution in [1.29, 1.82) is 0 Å². The van der Waals surface area contributed by atoms with Crippen molar-refractivity contribution in [2.24, 2.45) is 0 Å². The van der Waals surface area contributed by atoms with Gasteiger partial charge in [0.25, 0.3) is 17.7 Å². The van der Waals surface area contributed by atoms with E-state index in [9.17, 15) is 14.4 Å². The highest BCUT2D eigenvalue weighted by molar-refractivity contribution is 6.08. The van der Waals surface area contributed by atoms with Crippen molar-refractivity contribution in [3.05, 3.63) is 35.3 Å². The van der Waals surface area contributed by atoms with Gasteiger partial charge in [-0.1, -0.05) is 0 Å². The second-order valence-electron chi connectivity index (χ2n) is 4.61. The Morgan fingerprint density at radius 2 is 2.05 bits per heavy atom. The summed E-state index contributed by atoms with van der Waals surface area (Å²) in [4.78, 5) is 38.1. The predicted octanol–water partition coefficient (Wildman–Crippen LogP) is -0.186. The quantitative estimate of drug-likeness (QED) is 0.672. The Kier molecular flexibility index (Phi) is 4.23. The lowest BCUT2D eigenvalue weighted by molar-refractivity contribution is -0.137. The number of allylic oxidation sites excluding steroid dienone is 1. The minimum atomic E-state index is -0.493. The van der Waals surface area contributed by atoms with Crippen LogP contribution >= 0.6 is 0 Å². The largest absolute Gasteiger partial charge is 0.499 e. The second-order valence-corrected chi connectivity index (χ2v) is 4.61. The van der Waals surface area contributed by atoms with Crippen LogP contribution in [0.2, 0.25) is 0 Å². The average Bonchev–Trinajstić information content (AvgIpc) is 2.95. The Balaban J connectivity index is 2.15. The van der Waals surface area contributed by atoms with Crippen LogP contribution in [0.1, 0.15) is 0 Å². The molecule has 0 bridgehead atoms. The third kappa shape index (κ3) is 2.87. The smallest absolute Gasteiger partial charge is 0.257 e. The molecule has 0 aromatic heterocycles. The van der Waals surface area contributed by atoms with E-state index >= 15 is 0 Å². The highest BCUT2D eigenvalue weighted by atomic mass is 16.5. The van der Waals surface area contributed by atoms with E-state index < -0.39 is 11.8 Å². The van der Waals surface area contributed by atoms with Crippen LogP contribution in [-0.4, -0.2) is 61.9 Å². The molecule has 2 aliphatic heterocycles. The summed E-state index contributed by atoms with van der Waals surface area (Å²) in [5.41, 5.74) is 0.887. The third-order valence-electron chi connectivity index (χ3n) is 3.25. The van der Waals surface area contributed by atoms with Gasteiger partial charge in [-0.3, -0.25) is 19.3 Å². The molecule has 0 saturated heterocycles. The Morgan fingerprint density at radius 1 is 1.33 bits per heavy atom. The first-order chi connectivity index (χ1) is 9.97. The molecule has 7 nitrogen and oxygen atoms in total. The molecule has 2 heterocycles. The maximum absolute atomic E-state index is 12.1. The summed E-state index contributed by atoms with van der Waals surface area (Å²) in [5, 5.41) is 0.